The van der Waals surface area contributed by atoms with E-state index in [1.807, 2.05) is 19.1 Å². The minimum absolute atomic E-state index is 0.0291. The third-order valence-corrected chi connectivity index (χ3v) is 5.41. The number of para-hydroxylation sites is 1. The highest BCUT2D eigenvalue weighted by Gasteiger charge is 2.19. The Morgan fingerprint density at radius 3 is 2.64 bits per heavy atom. The number of anilines is 1. The first-order valence-electron chi connectivity index (χ1n) is 8.64. The van der Waals surface area contributed by atoms with Gasteiger partial charge in [0.1, 0.15) is 0 Å². The Hall–Kier alpha value is -3.33. The van der Waals surface area contributed by atoms with Crippen LogP contribution in [0.15, 0.2) is 64.3 Å². The molecule has 0 aliphatic carbocycles. The summed E-state index contributed by atoms with van der Waals surface area (Å²) in [5, 5.41) is 2.76. The second-order valence-corrected chi connectivity index (χ2v) is 7.73. The van der Waals surface area contributed by atoms with Crippen LogP contribution in [0.4, 0.5) is 5.69 Å². The fourth-order valence-corrected chi connectivity index (χ4v) is 3.79. The summed E-state index contributed by atoms with van der Waals surface area (Å²) in [6.07, 6.45) is 4.50. The van der Waals surface area contributed by atoms with E-state index in [9.17, 15) is 18.0 Å². The van der Waals surface area contributed by atoms with E-state index in [2.05, 4.69) is 20.0 Å². The Labute approximate surface area is 161 Å². The van der Waals surface area contributed by atoms with E-state index in [1.165, 1.54) is 24.3 Å². The van der Waals surface area contributed by atoms with E-state index in [0.717, 1.165) is 0 Å². The van der Waals surface area contributed by atoms with E-state index in [1.54, 1.807) is 18.2 Å². The van der Waals surface area contributed by atoms with Crippen LogP contribution in [0.1, 0.15) is 23.7 Å². The van der Waals surface area contributed by atoms with E-state index >= 15 is 0 Å². The van der Waals surface area contributed by atoms with Gasteiger partial charge in [0, 0.05) is 6.54 Å². The lowest BCUT2D eigenvalue weighted by Crippen LogP contribution is -2.26. The van der Waals surface area contributed by atoms with Gasteiger partial charge in [0.15, 0.2) is 0 Å². The Morgan fingerprint density at radius 2 is 1.86 bits per heavy atom. The van der Waals surface area contributed by atoms with Crippen molar-refractivity contribution in [2.45, 2.75) is 18.2 Å². The number of nitrogens with one attached hydrogen (secondary N) is 4. The molecule has 2 aromatic carbocycles. The van der Waals surface area contributed by atoms with Crippen LogP contribution in [-0.2, 0) is 10.0 Å². The summed E-state index contributed by atoms with van der Waals surface area (Å²) in [4.78, 5) is 28.8. The van der Waals surface area contributed by atoms with E-state index in [0.29, 0.717) is 24.0 Å². The fraction of sp³-hybridized carbons (Fsp3) is 0.158. The Kier molecular flexibility index (Phi) is 5.65. The third-order valence-electron chi connectivity index (χ3n) is 4.05. The SMILES string of the molecule is C/C=C/CCNC(=O)c1ccccc1NS(=O)(=O)c1ccc2[nH]c(=O)[nH]c2c1. The highest BCUT2D eigenvalue weighted by Crippen LogP contribution is 2.22. The van der Waals surface area contributed by atoms with Crippen molar-refractivity contribution in [3.8, 4) is 0 Å². The summed E-state index contributed by atoms with van der Waals surface area (Å²) in [5.41, 5.74) is 0.863. The normalized spacial score (nSPS) is 11.8. The van der Waals surface area contributed by atoms with Crippen molar-refractivity contribution in [2.75, 3.05) is 11.3 Å². The van der Waals surface area contributed by atoms with Crippen LogP contribution in [-0.4, -0.2) is 30.8 Å². The zero-order valence-corrected chi connectivity index (χ0v) is 16.0. The quantitative estimate of drug-likeness (QED) is 0.359. The lowest BCUT2D eigenvalue weighted by Gasteiger charge is -2.12. The Morgan fingerprint density at radius 1 is 1.11 bits per heavy atom. The van der Waals surface area contributed by atoms with Gasteiger partial charge in [0.2, 0.25) is 0 Å². The van der Waals surface area contributed by atoms with Crippen LogP contribution < -0.4 is 15.7 Å². The molecule has 0 aliphatic rings. The number of fused-ring (bicyclic) bond motifs is 1. The van der Waals surface area contributed by atoms with Crippen LogP contribution in [0, 0.1) is 0 Å². The number of aromatic amines is 2. The summed E-state index contributed by atoms with van der Waals surface area (Å²) in [5.74, 6) is -0.367. The summed E-state index contributed by atoms with van der Waals surface area (Å²) in [6.45, 7) is 2.34. The van der Waals surface area contributed by atoms with Crippen molar-refractivity contribution in [1.82, 2.24) is 15.3 Å². The maximum absolute atomic E-state index is 12.8. The predicted molar refractivity (Wildman–Crippen MR) is 108 cm³/mol. The van der Waals surface area contributed by atoms with Gasteiger partial charge in [0.25, 0.3) is 15.9 Å². The first-order valence-corrected chi connectivity index (χ1v) is 10.1. The molecule has 0 unspecified atom stereocenters. The van der Waals surface area contributed by atoms with Gasteiger partial charge < -0.3 is 15.3 Å². The van der Waals surface area contributed by atoms with E-state index < -0.39 is 15.7 Å². The standard InChI is InChI=1S/C19H20N4O4S/c1-2-3-6-11-20-18(24)14-7-4-5-8-15(14)23-28(26,27)13-9-10-16-17(12-13)22-19(25)21-16/h2-5,7-10,12,23H,6,11H2,1H3,(H,20,24)(H2,21,22,25)/b3-2+. The smallest absolute Gasteiger partial charge is 0.323 e. The predicted octanol–water partition coefficient (Wildman–Crippen LogP) is 2.35. The number of amides is 1. The molecule has 0 atom stereocenters. The van der Waals surface area contributed by atoms with Crippen molar-refractivity contribution >= 4 is 32.7 Å². The lowest BCUT2D eigenvalue weighted by atomic mass is 10.1. The summed E-state index contributed by atoms with van der Waals surface area (Å²) >= 11 is 0. The molecular weight excluding hydrogens is 380 g/mol. The Bertz CT molecular complexity index is 1190. The highest BCUT2D eigenvalue weighted by molar-refractivity contribution is 7.92. The number of rotatable bonds is 7. The molecule has 0 radical (unpaired) electrons. The fourth-order valence-electron chi connectivity index (χ4n) is 2.68. The molecule has 3 aromatic rings. The van der Waals surface area contributed by atoms with E-state index in [4.69, 9.17) is 0 Å². The maximum Gasteiger partial charge on any atom is 0.323 e. The first kappa shape index (κ1) is 19.4. The van der Waals surface area contributed by atoms with Crippen LogP contribution in [0.2, 0.25) is 0 Å². The number of carbonyl (C=O) groups is 1. The summed E-state index contributed by atoms with van der Waals surface area (Å²) < 4.78 is 28.0. The van der Waals surface area contributed by atoms with Crippen LogP contribution in [0.25, 0.3) is 11.0 Å². The number of sulfonamides is 1. The van der Waals surface area contributed by atoms with Crippen LogP contribution >= 0.6 is 0 Å². The highest BCUT2D eigenvalue weighted by atomic mass is 32.2. The maximum atomic E-state index is 12.8. The molecule has 28 heavy (non-hydrogen) atoms. The molecule has 146 valence electrons. The topological polar surface area (TPSA) is 124 Å². The number of hydrogen-bond donors (Lipinski definition) is 4. The number of H-pyrrole nitrogens is 2. The van der Waals surface area contributed by atoms with Crippen molar-refractivity contribution in [1.29, 1.82) is 0 Å². The van der Waals surface area contributed by atoms with Gasteiger partial charge in [0.05, 0.1) is 27.2 Å². The largest absolute Gasteiger partial charge is 0.352 e. The second-order valence-electron chi connectivity index (χ2n) is 6.05. The molecule has 9 heteroatoms. The van der Waals surface area contributed by atoms with Gasteiger partial charge in [-0.15, -0.1) is 0 Å². The molecule has 8 nitrogen and oxygen atoms in total. The average Bonchev–Trinajstić information content (AvgIpc) is 3.04. The molecule has 0 bridgehead atoms. The van der Waals surface area contributed by atoms with Crippen molar-refractivity contribution in [2.24, 2.45) is 0 Å². The monoisotopic (exact) mass is 400 g/mol. The molecule has 0 saturated carbocycles. The van der Waals surface area contributed by atoms with Crippen molar-refractivity contribution < 1.29 is 13.2 Å². The van der Waals surface area contributed by atoms with Crippen molar-refractivity contribution in [3.63, 3.8) is 0 Å². The van der Waals surface area contributed by atoms with Gasteiger partial charge in [-0.3, -0.25) is 9.52 Å². The molecule has 1 amide bonds. The minimum atomic E-state index is -3.96. The van der Waals surface area contributed by atoms with Gasteiger partial charge in [-0.05, 0) is 43.7 Å². The number of hydrogen-bond acceptors (Lipinski definition) is 4. The molecule has 3 rings (SSSR count). The molecule has 0 saturated heterocycles. The molecule has 0 aliphatic heterocycles. The molecular formula is C19H20N4O4S. The van der Waals surface area contributed by atoms with Crippen LogP contribution in [0.3, 0.4) is 0 Å². The first-order chi connectivity index (χ1) is 13.4. The van der Waals surface area contributed by atoms with Gasteiger partial charge in [-0.25, -0.2) is 13.2 Å². The average molecular weight is 400 g/mol. The van der Waals surface area contributed by atoms with Crippen LogP contribution in [0.5, 0.6) is 0 Å². The third kappa shape index (κ3) is 4.32. The number of imidazole rings is 1. The number of carbonyl (C=O) groups excluding carboxylic acids is 1. The second kappa shape index (κ2) is 8.13. The Balaban J connectivity index is 1.85. The van der Waals surface area contributed by atoms with E-state index in [-0.39, 0.29) is 22.1 Å². The molecule has 0 spiro atoms. The number of aromatic nitrogens is 2. The summed E-state index contributed by atoms with van der Waals surface area (Å²) in [7, 11) is -3.96. The number of allylic oxidation sites excluding steroid dienone is 1. The van der Waals surface area contributed by atoms with Gasteiger partial charge >= 0.3 is 5.69 Å². The number of benzene rings is 2. The molecule has 0 fully saturated rings. The zero-order valence-electron chi connectivity index (χ0n) is 15.2. The molecule has 1 heterocycles. The zero-order chi connectivity index (χ0) is 20.1. The molecule has 1 aromatic heterocycles. The molecule has 4 N–H and O–H groups in total. The summed E-state index contributed by atoms with van der Waals surface area (Å²) in [6, 6.07) is 10.6. The van der Waals surface area contributed by atoms with Gasteiger partial charge in [-0.2, -0.15) is 0 Å². The lowest BCUT2D eigenvalue weighted by molar-refractivity contribution is 0.0955. The van der Waals surface area contributed by atoms with Crippen molar-refractivity contribution in [3.05, 3.63) is 70.7 Å². The van der Waals surface area contributed by atoms with Gasteiger partial charge in [-0.1, -0.05) is 24.3 Å². The minimum Gasteiger partial charge on any atom is -0.352 e.